The van der Waals surface area contributed by atoms with Crippen LogP contribution in [0.2, 0.25) is 0 Å². The second-order valence-electron chi connectivity index (χ2n) is 6.38. The van der Waals surface area contributed by atoms with Gasteiger partial charge in [0.15, 0.2) is 11.5 Å². The Kier molecular flexibility index (Phi) is 4.92. The van der Waals surface area contributed by atoms with Crippen molar-refractivity contribution in [3.63, 3.8) is 0 Å². The summed E-state index contributed by atoms with van der Waals surface area (Å²) in [5, 5.41) is 3.56. The number of nitrogens with one attached hydrogen (secondary N) is 1. The van der Waals surface area contributed by atoms with E-state index in [-0.39, 0.29) is 6.10 Å². The third kappa shape index (κ3) is 3.66. The normalized spacial score (nSPS) is 25.2. The predicted molar refractivity (Wildman–Crippen MR) is 82.5 cm³/mol. The molecule has 112 valence electrons. The fraction of sp³-hybridized carbons (Fsp3) is 0.647. The minimum Gasteiger partial charge on any atom is -0.493 e. The molecule has 1 N–H and O–H groups in total. The van der Waals surface area contributed by atoms with Crippen LogP contribution >= 0.6 is 0 Å². The van der Waals surface area contributed by atoms with Gasteiger partial charge in [-0.25, -0.2) is 0 Å². The van der Waals surface area contributed by atoms with Crippen molar-refractivity contribution in [2.75, 3.05) is 13.7 Å². The molecular weight excluding hydrogens is 250 g/mol. The number of benzene rings is 1. The summed E-state index contributed by atoms with van der Waals surface area (Å²) in [5.41, 5.74) is 0.346. The van der Waals surface area contributed by atoms with Gasteiger partial charge in [0.25, 0.3) is 0 Å². The maximum Gasteiger partial charge on any atom is 0.161 e. The van der Waals surface area contributed by atoms with Crippen LogP contribution in [0.25, 0.3) is 0 Å². The molecule has 1 aliphatic carbocycles. The van der Waals surface area contributed by atoms with E-state index in [0.717, 1.165) is 24.5 Å². The summed E-state index contributed by atoms with van der Waals surface area (Å²) in [6.07, 6.45) is 3.69. The average molecular weight is 277 g/mol. The van der Waals surface area contributed by atoms with Gasteiger partial charge >= 0.3 is 0 Å². The quantitative estimate of drug-likeness (QED) is 0.891. The Bertz CT molecular complexity index is 431. The summed E-state index contributed by atoms with van der Waals surface area (Å²) < 4.78 is 11.7. The average Bonchev–Trinajstić information content (AvgIpc) is 2.42. The molecule has 0 radical (unpaired) electrons. The Morgan fingerprint density at radius 2 is 1.95 bits per heavy atom. The first kappa shape index (κ1) is 15.2. The third-order valence-corrected chi connectivity index (χ3v) is 4.15. The van der Waals surface area contributed by atoms with Crippen molar-refractivity contribution in [3.05, 3.63) is 24.3 Å². The molecule has 1 aromatic carbocycles. The minimum absolute atomic E-state index is 0.204. The lowest BCUT2D eigenvalue weighted by Crippen LogP contribution is -2.49. The van der Waals surface area contributed by atoms with E-state index in [1.54, 1.807) is 7.11 Å². The van der Waals surface area contributed by atoms with Crippen LogP contribution in [0.3, 0.4) is 0 Å². The molecular formula is C17H27NO2. The minimum atomic E-state index is 0.204. The van der Waals surface area contributed by atoms with Crippen LogP contribution in [0.1, 0.15) is 40.0 Å². The van der Waals surface area contributed by atoms with Gasteiger partial charge in [0.2, 0.25) is 0 Å². The van der Waals surface area contributed by atoms with Crippen molar-refractivity contribution in [2.45, 2.75) is 52.2 Å². The first-order valence-corrected chi connectivity index (χ1v) is 7.59. The number of para-hydroxylation sites is 2. The Balaban J connectivity index is 2.14. The van der Waals surface area contributed by atoms with Gasteiger partial charge in [-0.3, -0.25) is 0 Å². The largest absolute Gasteiger partial charge is 0.493 e. The zero-order chi connectivity index (χ0) is 14.6. The lowest BCUT2D eigenvalue weighted by Gasteiger charge is -2.41. The van der Waals surface area contributed by atoms with Crippen molar-refractivity contribution < 1.29 is 9.47 Å². The molecule has 3 heteroatoms. The van der Waals surface area contributed by atoms with Gasteiger partial charge in [-0.2, -0.15) is 0 Å². The van der Waals surface area contributed by atoms with Gasteiger partial charge in [-0.1, -0.05) is 32.9 Å². The molecule has 2 rings (SSSR count). The highest BCUT2D eigenvalue weighted by atomic mass is 16.5. The van der Waals surface area contributed by atoms with Gasteiger partial charge < -0.3 is 14.8 Å². The lowest BCUT2D eigenvalue weighted by atomic mass is 9.74. The molecule has 1 saturated carbocycles. The molecule has 0 bridgehead atoms. The van der Waals surface area contributed by atoms with E-state index in [9.17, 15) is 0 Å². The Hall–Kier alpha value is -1.22. The molecule has 3 nitrogen and oxygen atoms in total. The van der Waals surface area contributed by atoms with Crippen molar-refractivity contribution >= 4 is 0 Å². The summed E-state index contributed by atoms with van der Waals surface area (Å²) >= 11 is 0. The SMILES string of the molecule is CCNC1CCC(C)(C)CC1Oc1ccccc1OC. The van der Waals surface area contributed by atoms with Crippen LogP contribution in [-0.2, 0) is 0 Å². The highest BCUT2D eigenvalue weighted by molar-refractivity contribution is 5.39. The molecule has 2 unspecified atom stereocenters. The molecule has 2 atom stereocenters. The van der Waals surface area contributed by atoms with E-state index in [0.29, 0.717) is 11.5 Å². The molecule has 1 fully saturated rings. The third-order valence-electron chi connectivity index (χ3n) is 4.15. The zero-order valence-corrected chi connectivity index (χ0v) is 13.1. The molecule has 0 amide bonds. The van der Waals surface area contributed by atoms with Crippen LogP contribution in [-0.4, -0.2) is 25.8 Å². The molecule has 0 heterocycles. The number of rotatable bonds is 5. The number of likely N-dealkylation sites (N-methyl/N-ethyl adjacent to an activating group) is 1. The number of methoxy groups -OCH3 is 1. The summed E-state index contributed by atoms with van der Waals surface area (Å²) in [7, 11) is 1.69. The molecule has 20 heavy (non-hydrogen) atoms. The van der Waals surface area contributed by atoms with Crippen molar-refractivity contribution in [1.82, 2.24) is 5.32 Å². The van der Waals surface area contributed by atoms with Crippen LogP contribution in [0.5, 0.6) is 11.5 Å². The predicted octanol–water partition coefficient (Wildman–Crippen LogP) is 3.63. The lowest BCUT2D eigenvalue weighted by molar-refractivity contribution is 0.0517. The van der Waals surface area contributed by atoms with Gasteiger partial charge in [0, 0.05) is 6.04 Å². The van der Waals surface area contributed by atoms with E-state index < -0.39 is 0 Å². The van der Waals surface area contributed by atoms with Crippen LogP contribution < -0.4 is 14.8 Å². The van der Waals surface area contributed by atoms with E-state index in [1.165, 1.54) is 12.8 Å². The zero-order valence-electron chi connectivity index (χ0n) is 13.1. The van der Waals surface area contributed by atoms with Crippen LogP contribution in [0.4, 0.5) is 0 Å². The molecule has 0 aromatic heterocycles. The Labute approximate surface area is 122 Å². The van der Waals surface area contributed by atoms with E-state index in [1.807, 2.05) is 24.3 Å². The topological polar surface area (TPSA) is 30.5 Å². The van der Waals surface area contributed by atoms with Crippen LogP contribution in [0.15, 0.2) is 24.3 Å². The van der Waals surface area contributed by atoms with Crippen LogP contribution in [0, 0.1) is 5.41 Å². The number of hydrogen-bond donors (Lipinski definition) is 1. The summed E-state index contributed by atoms with van der Waals surface area (Å²) in [5.74, 6) is 1.66. The van der Waals surface area contributed by atoms with Gasteiger partial charge in [-0.05, 0) is 43.4 Å². The molecule has 0 spiro atoms. The van der Waals surface area contributed by atoms with Gasteiger partial charge in [-0.15, -0.1) is 0 Å². The van der Waals surface area contributed by atoms with E-state index >= 15 is 0 Å². The standard InChI is InChI=1S/C17H27NO2/c1-5-18-13-10-11-17(2,3)12-16(13)20-15-9-7-6-8-14(15)19-4/h6-9,13,16,18H,5,10-12H2,1-4H3. The highest BCUT2D eigenvalue weighted by Crippen LogP contribution is 2.38. The maximum atomic E-state index is 6.29. The highest BCUT2D eigenvalue weighted by Gasteiger charge is 2.36. The fourth-order valence-corrected chi connectivity index (χ4v) is 3.02. The first-order valence-electron chi connectivity index (χ1n) is 7.59. The maximum absolute atomic E-state index is 6.29. The number of hydrogen-bond acceptors (Lipinski definition) is 3. The van der Waals surface area contributed by atoms with E-state index in [2.05, 4.69) is 26.1 Å². The molecule has 1 aromatic rings. The molecule has 0 saturated heterocycles. The smallest absolute Gasteiger partial charge is 0.161 e. The van der Waals surface area contributed by atoms with Gasteiger partial charge in [0.1, 0.15) is 6.10 Å². The summed E-state index contributed by atoms with van der Waals surface area (Å²) in [6, 6.07) is 8.33. The summed E-state index contributed by atoms with van der Waals surface area (Å²) in [6.45, 7) is 7.79. The Morgan fingerprint density at radius 3 is 2.60 bits per heavy atom. The van der Waals surface area contributed by atoms with Crippen molar-refractivity contribution in [3.8, 4) is 11.5 Å². The monoisotopic (exact) mass is 277 g/mol. The second kappa shape index (κ2) is 6.49. The second-order valence-corrected chi connectivity index (χ2v) is 6.38. The fourth-order valence-electron chi connectivity index (χ4n) is 3.02. The van der Waals surface area contributed by atoms with Gasteiger partial charge in [0.05, 0.1) is 7.11 Å². The first-order chi connectivity index (χ1) is 9.55. The number of ether oxygens (including phenoxy) is 2. The Morgan fingerprint density at radius 1 is 1.25 bits per heavy atom. The summed E-state index contributed by atoms with van der Waals surface area (Å²) in [4.78, 5) is 0. The van der Waals surface area contributed by atoms with Crippen molar-refractivity contribution in [2.24, 2.45) is 5.41 Å². The molecule has 0 aliphatic heterocycles. The van der Waals surface area contributed by atoms with E-state index in [4.69, 9.17) is 9.47 Å². The van der Waals surface area contributed by atoms with Crippen molar-refractivity contribution in [1.29, 1.82) is 0 Å². The molecule has 1 aliphatic rings.